The van der Waals surface area contributed by atoms with Crippen molar-refractivity contribution in [2.75, 3.05) is 10.5 Å². The Morgan fingerprint density at radius 3 is 2.39 bits per heavy atom. The predicted octanol–water partition coefficient (Wildman–Crippen LogP) is 2.84. The van der Waals surface area contributed by atoms with Gasteiger partial charge in [0.15, 0.2) is 5.78 Å². The van der Waals surface area contributed by atoms with Gasteiger partial charge in [0.25, 0.3) is 0 Å². The second kappa shape index (κ2) is 6.83. The number of carbonyl (C=O) groups excluding carboxylic acids is 1. The first-order chi connectivity index (χ1) is 10.8. The van der Waals surface area contributed by atoms with Gasteiger partial charge in [0, 0.05) is 12.0 Å². The molecule has 0 saturated heterocycles. The molecule has 2 aromatic rings. The summed E-state index contributed by atoms with van der Waals surface area (Å²) in [5.41, 5.74) is 7.65. The van der Waals surface area contributed by atoms with Crippen molar-refractivity contribution in [2.45, 2.75) is 25.5 Å². The van der Waals surface area contributed by atoms with Gasteiger partial charge in [-0.15, -0.1) is 0 Å². The van der Waals surface area contributed by atoms with E-state index in [9.17, 15) is 13.2 Å². The molecule has 0 amide bonds. The van der Waals surface area contributed by atoms with Gasteiger partial charge in [-0.25, -0.2) is 8.42 Å². The first-order valence-electron chi connectivity index (χ1n) is 7.28. The Bertz CT molecular complexity index is 800. The molecule has 6 heteroatoms. The number of hydrogen-bond donors (Lipinski definition) is 2. The summed E-state index contributed by atoms with van der Waals surface area (Å²) >= 11 is 0. The second-order valence-electron chi connectivity index (χ2n) is 5.58. The highest BCUT2D eigenvalue weighted by Gasteiger charge is 2.18. The van der Waals surface area contributed by atoms with Crippen LogP contribution >= 0.6 is 0 Å². The Morgan fingerprint density at radius 1 is 1.13 bits per heavy atom. The van der Waals surface area contributed by atoms with Crippen molar-refractivity contribution in [3.63, 3.8) is 0 Å². The lowest BCUT2D eigenvalue weighted by Crippen LogP contribution is -2.23. The van der Waals surface area contributed by atoms with Crippen molar-refractivity contribution in [1.82, 2.24) is 0 Å². The summed E-state index contributed by atoms with van der Waals surface area (Å²) in [6.07, 6.45) is 0.251. The molecule has 0 fully saturated rings. The summed E-state index contributed by atoms with van der Waals surface area (Å²) < 4.78 is 26.4. The van der Waals surface area contributed by atoms with Crippen LogP contribution in [0.15, 0.2) is 48.5 Å². The van der Waals surface area contributed by atoms with Gasteiger partial charge in [-0.2, -0.15) is 0 Å². The molecule has 23 heavy (non-hydrogen) atoms. The van der Waals surface area contributed by atoms with Gasteiger partial charge in [-0.3, -0.25) is 9.52 Å². The number of nitrogens with two attached hydrogens (primary N) is 1. The van der Waals surface area contributed by atoms with Gasteiger partial charge >= 0.3 is 0 Å². The first-order valence-corrected chi connectivity index (χ1v) is 8.82. The van der Waals surface area contributed by atoms with Crippen LogP contribution in [-0.2, 0) is 16.4 Å². The SMILES string of the molecule is CC(C)S(=O)(=O)Nc1cc(C(=O)Cc2ccccc2)ccc1N. The van der Waals surface area contributed by atoms with E-state index in [2.05, 4.69) is 4.72 Å². The van der Waals surface area contributed by atoms with Gasteiger partial charge in [-0.05, 0) is 37.6 Å². The zero-order valence-electron chi connectivity index (χ0n) is 13.1. The van der Waals surface area contributed by atoms with Crippen molar-refractivity contribution in [2.24, 2.45) is 0 Å². The third-order valence-electron chi connectivity index (χ3n) is 3.46. The van der Waals surface area contributed by atoms with Crippen molar-refractivity contribution in [3.8, 4) is 0 Å². The minimum absolute atomic E-state index is 0.0961. The molecule has 122 valence electrons. The molecule has 0 aliphatic heterocycles. The van der Waals surface area contributed by atoms with Crippen LogP contribution in [0.4, 0.5) is 11.4 Å². The van der Waals surface area contributed by atoms with E-state index in [1.807, 2.05) is 30.3 Å². The molecule has 0 spiro atoms. The zero-order valence-corrected chi connectivity index (χ0v) is 13.9. The molecule has 0 aliphatic carbocycles. The topological polar surface area (TPSA) is 89.3 Å². The van der Waals surface area contributed by atoms with Crippen molar-refractivity contribution < 1.29 is 13.2 Å². The number of anilines is 2. The highest BCUT2D eigenvalue weighted by molar-refractivity contribution is 7.93. The third kappa shape index (κ3) is 4.32. The highest BCUT2D eigenvalue weighted by Crippen LogP contribution is 2.23. The monoisotopic (exact) mass is 332 g/mol. The van der Waals surface area contributed by atoms with Crippen molar-refractivity contribution >= 4 is 27.2 Å². The van der Waals surface area contributed by atoms with E-state index >= 15 is 0 Å². The number of nitrogen functional groups attached to an aromatic ring is 1. The standard InChI is InChI=1S/C17H20N2O3S/c1-12(2)23(21,22)19-16-11-14(8-9-15(16)18)17(20)10-13-6-4-3-5-7-13/h3-9,11-12,19H,10,18H2,1-2H3. The number of nitrogens with one attached hydrogen (secondary N) is 1. The number of sulfonamides is 1. The molecule has 0 saturated carbocycles. The molecule has 0 radical (unpaired) electrons. The van der Waals surface area contributed by atoms with E-state index in [0.29, 0.717) is 5.56 Å². The molecule has 2 rings (SSSR count). The fourth-order valence-electron chi connectivity index (χ4n) is 1.97. The van der Waals surface area contributed by atoms with Crippen molar-refractivity contribution in [3.05, 3.63) is 59.7 Å². The van der Waals surface area contributed by atoms with Gasteiger partial charge < -0.3 is 5.73 Å². The molecule has 0 bridgehead atoms. The molecule has 0 unspecified atom stereocenters. The lowest BCUT2D eigenvalue weighted by atomic mass is 10.0. The van der Waals surface area contributed by atoms with Crippen LogP contribution in [0.3, 0.4) is 0 Å². The van der Waals surface area contributed by atoms with Crippen LogP contribution < -0.4 is 10.5 Å². The van der Waals surface area contributed by atoms with E-state index in [1.54, 1.807) is 19.9 Å². The van der Waals surface area contributed by atoms with Gasteiger partial charge in [0.1, 0.15) is 0 Å². The Hall–Kier alpha value is -2.34. The smallest absolute Gasteiger partial charge is 0.235 e. The average Bonchev–Trinajstić information content (AvgIpc) is 2.50. The summed E-state index contributed by atoms with van der Waals surface area (Å²) in [7, 11) is -3.52. The Kier molecular flexibility index (Phi) is 5.05. The first kappa shape index (κ1) is 17.0. The predicted molar refractivity (Wildman–Crippen MR) is 93.0 cm³/mol. The summed E-state index contributed by atoms with van der Waals surface area (Å²) in [4.78, 5) is 12.4. The van der Waals surface area contributed by atoms with E-state index in [1.165, 1.54) is 12.1 Å². The van der Waals surface area contributed by atoms with E-state index in [-0.39, 0.29) is 23.6 Å². The average molecular weight is 332 g/mol. The molecular weight excluding hydrogens is 312 g/mol. The van der Waals surface area contributed by atoms with Crippen LogP contribution in [0.25, 0.3) is 0 Å². The minimum atomic E-state index is -3.52. The van der Waals surface area contributed by atoms with Gasteiger partial charge in [-0.1, -0.05) is 30.3 Å². The lowest BCUT2D eigenvalue weighted by Gasteiger charge is -2.13. The summed E-state index contributed by atoms with van der Waals surface area (Å²) in [5.74, 6) is -0.0961. The quantitative estimate of drug-likeness (QED) is 0.629. The number of hydrogen-bond acceptors (Lipinski definition) is 4. The normalized spacial score (nSPS) is 11.4. The third-order valence-corrected chi connectivity index (χ3v) is 5.20. The van der Waals surface area contributed by atoms with E-state index in [0.717, 1.165) is 5.56 Å². The highest BCUT2D eigenvalue weighted by atomic mass is 32.2. The fourth-order valence-corrected chi connectivity index (χ4v) is 2.69. The molecule has 3 N–H and O–H groups in total. The minimum Gasteiger partial charge on any atom is -0.397 e. The van der Waals surface area contributed by atoms with Gasteiger partial charge in [0.05, 0.1) is 16.6 Å². The van der Waals surface area contributed by atoms with Crippen LogP contribution in [0.1, 0.15) is 29.8 Å². The zero-order chi connectivity index (χ0) is 17.0. The summed E-state index contributed by atoms with van der Waals surface area (Å²) in [6.45, 7) is 3.14. The molecular formula is C17H20N2O3S. The summed E-state index contributed by atoms with van der Waals surface area (Å²) in [5, 5.41) is -0.592. The molecule has 0 aliphatic rings. The van der Waals surface area contributed by atoms with Crippen LogP contribution in [0, 0.1) is 0 Å². The van der Waals surface area contributed by atoms with E-state index < -0.39 is 15.3 Å². The number of carbonyl (C=O) groups is 1. The largest absolute Gasteiger partial charge is 0.397 e. The number of Topliss-reactive ketones (excluding diaryl/α,β-unsaturated/α-hetero) is 1. The molecule has 0 aromatic heterocycles. The second-order valence-corrected chi connectivity index (χ2v) is 7.82. The lowest BCUT2D eigenvalue weighted by molar-refractivity contribution is 0.0993. The van der Waals surface area contributed by atoms with Crippen LogP contribution in [0.2, 0.25) is 0 Å². The molecule has 2 aromatic carbocycles. The van der Waals surface area contributed by atoms with Crippen LogP contribution in [-0.4, -0.2) is 19.5 Å². The Balaban J connectivity index is 2.25. The maximum absolute atomic E-state index is 12.4. The van der Waals surface area contributed by atoms with E-state index in [4.69, 9.17) is 5.73 Å². The molecule has 0 heterocycles. The summed E-state index contributed by atoms with van der Waals surface area (Å²) in [6, 6.07) is 14.0. The van der Waals surface area contributed by atoms with Crippen LogP contribution in [0.5, 0.6) is 0 Å². The molecule has 0 atom stereocenters. The van der Waals surface area contributed by atoms with Crippen molar-refractivity contribution in [1.29, 1.82) is 0 Å². The number of benzene rings is 2. The Labute approximate surface area is 136 Å². The maximum Gasteiger partial charge on any atom is 0.235 e. The maximum atomic E-state index is 12.4. The molecule has 5 nitrogen and oxygen atoms in total. The Morgan fingerprint density at radius 2 is 1.78 bits per heavy atom. The number of rotatable bonds is 6. The van der Waals surface area contributed by atoms with Gasteiger partial charge in [0.2, 0.25) is 10.0 Å². The number of ketones is 1. The fraction of sp³-hybridized carbons (Fsp3) is 0.235.